The number of hydrogen-bond acceptors (Lipinski definition) is 10. The maximum atomic E-state index is 12.5. The number of benzene rings is 1. The third kappa shape index (κ3) is 1.99. The Morgan fingerprint density at radius 2 is 1.15 bits per heavy atom. The number of fused-ring (bicyclic) bond motifs is 1. The molecule has 0 aliphatic heterocycles. The van der Waals surface area contributed by atoms with Gasteiger partial charge in [0, 0.05) is 6.07 Å². The van der Waals surface area contributed by atoms with Crippen LogP contribution in [0.3, 0.4) is 0 Å². The number of hydrogen-bond donors (Lipinski definition) is 5. The van der Waals surface area contributed by atoms with Gasteiger partial charge in [-0.15, -0.1) is 0 Å². The second-order valence-corrected chi connectivity index (χ2v) is 6.59. The molecule has 0 amide bonds. The maximum absolute atomic E-state index is 12.5. The van der Waals surface area contributed by atoms with Gasteiger partial charge in [0.25, 0.3) is 0 Å². The quantitative estimate of drug-likeness (QED) is 0.176. The van der Waals surface area contributed by atoms with Crippen molar-refractivity contribution < 1.29 is 33.4 Å². The molecule has 1 aromatic carbocycles. The van der Waals surface area contributed by atoms with E-state index in [0.29, 0.717) is 6.07 Å². The van der Waals surface area contributed by atoms with Crippen LogP contribution in [0.5, 0.6) is 23.0 Å². The lowest BCUT2D eigenvalue weighted by Gasteiger charge is -2.06. The molecule has 2 aliphatic carbocycles. The highest BCUT2D eigenvalue weighted by Gasteiger charge is 2.29. The van der Waals surface area contributed by atoms with E-state index in [0.717, 1.165) is 0 Å². The third-order valence-electron chi connectivity index (χ3n) is 3.77. The molecule has 0 spiro atoms. The first kappa shape index (κ1) is 17.3. The van der Waals surface area contributed by atoms with Crippen molar-refractivity contribution in [1.82, 2.24) is 0 Å². The summed E-state index contributed by atoms with van der Waals surface area (Å²) in [7, 11) is -5.45. The number of rotatable bonds is 1. The van der Waals surface area contributed by atoms with Gasteiger partial charge in [-0.2, -0.15) is 8.42 Å². The molecule has 26 heavy (non-hydrogen) atoms. The van der Waals surface area contributed by atoms with Gasteiger partial charge >= 0.3 is 10.1 Å². The van der Waals surface area contributed by atoms with Crippen LogP contribution in [-0.2, 0) is 10.1 Å². The molecular formula is C14H6O11S. The Balaban J connectivity index is 2.99. The van der Waals surface area contributed by atoms with Crippen LogP contribution < -0.4 is 21.7 Å². The van der Waals surface area contributed by atoms with E-state index < -0.39 is 80.9 Å². The minimum atomic E-state index is -5.45. The van der Waals surface area contributed by atoms with Crippen LogP contribution in [0.25, 0.3) is 10.8 Å². The van der Waals surface area contributed by atoms with E-state index >= 15 is 0 Å². The number of phenolic OH excluding ortho intramolecular Hbond substituents is 3. The van der Waals surface area contributed by atoms with Gasteiger partial charge in [0.15, 0.2) is 22.1 Å². The van der Waals surface area contributed by atoms with Crippen LogP contribution in [-0.4, -0.2) is 33.4 Å². The molecule has 11 nitrogen and oxygen atoms in total. The highest BCUT2D eigenvalue weighted by molar-refractivity contribution is 7.86. The highest BCUT2D eigenvalue weighted by atomic mass is 32.2. The van der Waals surface area contributed by atoms with E-state index in [2.05, 4.69) is 0 Å². The predicted molar refractivity (Wildman–Crippen MR) is 83.2 cm³/mol. The summed E-state index contributed by atoms with van der Waals surface area (Å²) in [6.45, 7) is 0. The van der Waals surface area contributed by atoms with Gasteiger partial charge < -0.3 is 20.4 Å². The minimum Gasteiger partial charge on any atom is -0.507 e. The van der Waals surface area contributed by atoms with Crippen molar-refractivity contribution in [3.8, 4) is 23.0 Å². The standard InChI is InChI=1S/C14H6O11S/c15-2-1-3(16)8(17)5-4(2)9(18)6-7(10(5)19)12(21)14(26(23,24)25)13(22)11(6)20/h1,15-17,22H,(H,23,24,25). The van der Waals surface area contributed by atoms with Gasteiger partial charge in [0.1, 0.15) is 5.75 Å². The zero-order valence-corrected chi connectivity index (χ0v) is 13.0. The molecule has 0 saturated carbocycles. The summed E-state index contributed by atoms with van der Waals surface area (Å²) >= 11 is 0. The molecule has 0 unspecified atom stereocenters. The van der Waals surface area contributed by atoms with Gasteiger partial charge in [-0.3, -0.25) is 23.7 Å². The summed E-state index contributed by atoms with van der Waals surface area (Å²) in [5.74, 6) is -5.02. The summed E-state index contributed by atoms with van der Waals surface area (Å²) in [5.41, 5.74) is -6.64. The SMILES string of the molecule is O=c1c(O)c(S(=O)(=O)O)c(=O)c2c(=O)c3c(O)c(O)cc(O)c3c(=O)c1=2. The van der Waals surface area contributed by atoms with Crippen molar-refractivity contribution in [2.75, 3.05) is 0 Å². The molecule has 12 heteroatoms. The monoisotopic (exact) mass is 382 g/mol. The van der Waals surface area contributed by atoms with Gasteiger partial charge in [-0.1, -0.05) is 0 Å². The van der Waals surface area contributed by atoms with E-state index in [1.807, 2.05) is 0 Å². The van der Waals surface area contributed by atoms with Gasteiger partial charge in [-0.25, -0.2) is 0 Å². The third-order valence-corrected chi connectivity index (χ3v) is 4.66. The molecule has 0 aromatic heterocycles. The smallest absolute Gasteiger partial charge is 0.302 e. The first-order valence-corrected chi connectivity index (χ1v) is 7.95. The van der Waals surface area contributed by atoms with Crippen molar-refractivity contribution >= 4 is 20.9 Å². The molecule has 0 fully saturated rings. The highest BCUT2D eigenvalue weighted by Crippen LogP contribution is 2.36. The molecule has 3 rings (SSSR count). The molecule has 0 heterocycles. The van der Waals surface area contributed by atoms with E-state index in [4.69, 9.17) is 4.55 Å². The zero-order chi connectivity index (χ0) is 19.7. The lowest BCUT2D eigenvalue weighted by atomic mass is 10.0. The van der Waals surface area contributed by atoms with Crippen LogP contribution in [0, 0.1) is 10.4 Å². The molecule has 2 aliphatic rings. The Morgan fingerprint density at radius 1 is 0.654 bits per heavy atom. The average Bonchev–Trinajstić information content (AvgIpc) is 2.50. The van der Waals surface area contributed by atoms with Crippen molar-refractivity contribution in [3.63, 3.8) is 0 Å². The number of aromatic hydroxyl groups is 4. The average molecular weight is 382 g/mol. The fraction of sp³-hybridized carbons (Fsp3) is 0. The van der Waals surface area contributed by atoms with Gasteiger partial charge in [0.2, 0.25) is 21.7 Å². The van der Waals surface area contributed by atoms with Gasteiger partial charge in [0.05, 0.1) is 21.2 Å². The Bertz CT molecular complexity index is 1510. The Morgan fingerprint density at radius 3 is 1.69 bits per heavy atom. The first-order chi connectivity index (χ1) is 11.9. The molecule has 0 atom stereocenters. The van der Waals surface area contributed by atoms with E-state index in [-0.39, 0.29) is 0 Å². The van der Waals surface area contributed by atoms with Gasteiger partial charge in [-0.05, 0) is 0 Å². The second kappa shape index (κ2) is 5.00. The fourth-order valence-corrected chi connectivity index (χ4v) is 3.36. The Kier molecular flexibility index (Phi) is 3.33. The summed E-state index contributed by atoms with van der Waals surface area (Å²) < 4.78 is 31.5. The lowest BCUT2D eigenvalue weighted by Crippen LogP contribution is -2.32. The molecule has 1 aromatic rings. The Labute approximate surface area is 140 Å². The molecule has 0 saturated heterocycles. The van der Waals surface area contributed by atoms with Crippen LogP contribution in [0.2, 0.25) is 0 Å². The van der Waals surface area contributed by atoms with Crippen LogP contribution in [0.4, 0.5) is 0 Å². The lowest BCUT2D eigenvalue weighted by molar-refractivity contribution is 0.402. The molecule has 5 N–H and O–H groups in total. The number of phenols is 3. The van der Waals surface area contributed by atoms with Crippen molar-refractivity contribution in [3.05, 3.63) is 57.4 Å². The molecule has 0 bridgehead atoms. The van der Waals surface area contributed by atoms with Crippen LogP contribution >= 0.6 is 0 Å². The van der Waals surface area contributed by atoms with E-state index in [1.165, 1.54) is 0 Å². The largest absolute Gasteiger partial charge is 0.507 e. The maximum Gasteiger partial charge on any atom is 0.302 e. The van der Waals surface area contributed by atoms with Crippen LogP contribution in [0.1, 0.15) is 0 Å². The predicted octanol–water partition coefficient (Wildman–Crippen LogP) is -2.05. The Hall–Kier alpha value is -3.51. The molecular weight excluding hydrogens is 376 g/mol. The van der Waals surface area contributed by atoms with Crippen molar-refractivity contribution in [2.45, 2.75) is 4.90 Å². The summed E-state index contributed by atoms with van der Waals surface area (Å²) in [5, 5.41) is 34.1. The summed E-state index contributed by atoms with van der Waals surface area (Å²) in [4.78, 5) is 47.6. The fourth-order valence-electron chi connectivity index (χ4n) is 2.69. The van der Waals surface area contributed by atoms with Crippen molar-refractivity contribution in [1.29, 1.82) is 0 Å². The zero-order valence-electron chi connectivity index (χ0n) is 12.2. The molecule has 0 radical (unpaired) electrons. The summed E-state index contributed by atoms with van der Waals surface area (Å²) in [6, 6.07) is 0.499. The van der Waals surface area contributed by atoms with E-state index in [9.17, 15) is 48.0 Å². The van der Waals surface area contributed by atoms with E-state index in [1.54, 1.807) is 0 Å². The van der Waals surface area contributed by atoms with Crippen molar-refractivity contribution in [2.24, 2.45) is 0 Å². The second-order valence-electron chi connectivity index (χ2n) is 5.23. The molecule has 134 valence electrons. The minimum absolute atomic E-state index is 0.499. The van der Waals surface area contributed by atoms with Crippen LogP contribution in [0.15, 0.2) is 30.1 Å². The topological polar surface area (TPSA) is 204 Å². The first-order valence-electron chi connectivity index (χ1n) is 6.51. The normalized spacial score (nSPS) is 12.0. The summed E-state index contributed by atoms with van der Waals surface area (Å²) in [6.07, 6.45) is 0.